The standard InChI is InChI=1S/C13H13ClN2O4/c14-11-4-1-8(5-12(11)16(18)19)13(17)15-6-9-2-3-10(7-15)20-9/h1,4-5,9-10H,2-3,6-7H2. The summed E-state index contributed by atoms with van der Waals surface area (Å²) in [7, 11) is 0. The highest BCUT2D eigenvalue weighted by atomic mass is 35.5. The van der Waals surface area contributed by atoms with Gasteiger partial charge in [-0.3, -0.25) is 14.9 Å². The maximum absolute atomic E-state index is 12.4. The molecule has 2 aliphatic heterocycles. The molecule has 2 saturated heterocycles. The maximum Gasteiger partial charge on any atom is 0.288 e. The SMILES string of the molecule is O=C(c1ccc(Cl)c([N+](=O)[O-])c1)N1CC2CCC(C1)O2. The molecule has 0 spiro atoms. The molecule has 2 atom stereocenters. The molecule has 7 heteroatoms. The first-order valence-electron chi connectivity index (χ1n) is 6.43. The Morgan fingerprint density at radius 2 is 2.00 bits per heavy atom. The average molecular weight is 297 g/mol. The summed E-state index contributed by atoms with van der Waals surface area (Å²) >= 11 is 5.75. The molecule has 20 heavy (non-hydrogen) atoms. The lowest BCUT2D eigenvalue weighted by atomic mass is 10.1. The molecule has 0 saturated carbocycles. The fourth-order valence-electron chi connectivity index (χ4n) is 2.75. The zero-order valence-electron chi connectivity index (χ0n) is 10.6. The van der Waals surface area contributed by atoms with Crippen LogP contribution in [0.4, 0.5) is 5.69 Å². The third-order valence-corrected chi connectivity index (χ3v) is 4.04. The van der Waals surface area contributed by atoms with Crippen molar-refractivity contribution in [2.24, 2.45) is 0 Å². The van der Waals surface area contributed by atoms with Crippen molar-refractivity contribution in [3.8, 4) is 0 Å². The third-order valence-electron chi connectivity index (χ3n) is 3.72. The predicted molar refractivity (Wildman–Crippen MR) is 71.9 cm³/mol. The van der Waals surface area contributed by atoms with E-state index in [0.29, 0.717) is 18.7 Å². The Balaban J connectivity index is 1.84. The zero-order chi connectivity index (χ0) is 14.3. The largest absolute Gasteiger partial charge is 0.371 e. The van der Waals surface area contributed by atoms with E-state index in [1.807, 2.05) is 0 Å². The first-order chi connectivity index (χ1) is 9.54. The highest BCUT2D eigenvalue weighted by molar-refractivity contribution is 6.32. The quantitative estimate of drug-likeness (QED) is 0.620. The molecule has 0 radical (unpaired) electrons. The summed E-state index contributed by atoms with van der Waals surface area (Å²) in [4.78, 5) is 24.4. The summed E-state index contributed by atoms with van der Waals surface area (Å²) in [5, 5.41) is 10.9. The molecule has 3 rings (SSSR count). The van der Waals surface area contributed by atoms with Crippen molar-refractivity contribution in [3.63, 3.8) is 0 Å². The summed E-state index contributed by atoms with van der Waals surface area (Å²) in [6.07, 6.45) is 2.13. The van der Waals surface area contributed by atoms with E-state index < -0.39 is 4.92 Å². The fourth-order valence-corrected chi connectivity index (χ4v) is 2.94. The topological polar surface area (TPSA) is 72.7 Å². The number of ether oxygens (including phenoxy) is 1. The second-order valence-corrected chi connectivity index (χ2v) is 5.50. The Morgan fingerprint density at radius 1 is 1.35 bits per heavy atom. The summed E-state index contributed by atoms with van der Waals surface area (Å²) < 4.78 is 5.67. The number of hydrogen-bond acceptors (Lipinski definition) is 4. The molecule has 6 nitrogen and oxygen atoms in total. The number of hydrogen-bond donors (Lipinski definition) is 0. The normalized spacial score (nSPS) is 24.8. The van der Waals surface area contributed by atoms with Gasteiger partial charge in [-0.2, -0.15) is 0 Å². The number of morpholine rings is 1. The molecule has 0 aliphatic carbocycles. The molecular weight excluding hydrogens is 284 g/mol. The van der Waals surface area contributed by atoms with Crippen LogP contribution in [0, 0.1) is 10.1 Å². The van der Waals surface area contributed by atoms with Crippen molar-refractivity contribution < 1.29 is 14.5 Å². The first kappa shape index (κ1) is 13.3. The van der Waals surface area contributed by atoms with E-state index in [9.17, 15) is 14.9 Å². The second-order valence-electron chi connectivity index (χ2n) is 5.09. The summed E-state index contributed by atoms with van der Waals surface area (Å²) in [6.45, 7) is 1.09. The van der Waals surface area contributed by atoms with Gasteiger partial charge >= 0.3 is 0 Å². The molecule has 1 aromatic carbocycles. The van der Waals surface area contributed by atoms with Crippen molar-refractivity contribution in [2.75, 3.05) is 13.1 Å². The molecule has 2 fully saturated rings. The second kappa shape index (κ2) is 5.03. The van der Waals surface area contributed by atoms with Crippen molar-refractivity contribution in [1.29, 1.82) is 0 Å². The van der Waals surface area contributed by atoms with Gasteiger partial charge in [0.15, 0.2) is 0 Å². The lowest BCUT2D eigenvalue weighted by molar-refractivity contribution is -0.384. The summed E-state index contributed by atoms with van der Waals surface area (Å²) in [6, 6.07) is 4.15. The maximum atomic E-state index is 12.4. The van der Waals surface area contributed by atoms with Crippen LogP contribution in [0.2, 0.25) is 5.02 Å². The molecule has 2 aliphatic rings. The van der Waals surface area contributed by atoms with E-state index in [1.54, 1.807) is 4.90 Å². The number of halogens is 1. The van der Waals surface area contributed by atoms with Crippen molar-refractivity contribution in [3.05, 3.63) is 38.9 Å². The van der Waals surface area contributed by atoms with E-state index in [0.717, 1.165) is 12.8 Å². The predicted octanol–water partition coefficient (Wildman–Crippen LogP) is 2.25. The van der Waals surface area contributed by atoms with Gasteiger partial charge in [0.2, 0.25) is 0 Å². The molecule has 2 unspecified atom stereocenters. The highest BCUT2D eigenvalue weighted by Crippen LogP contribution is 2.29. The van der Waals surface area contributed by atoms with Crippen LogP contribution in [0.3, 0.4) is 0 Å². The number of likely N-dealkylation sites (tertiary alicyclic amines) is 1. The van der Waals surface area contributed by atoms with Crippen LogP contribution in [0.25, 0.3) is 0 Å². The van der Waals surface area contributed by atoms with Gasteiger partial charge in [0, 0.05) is 24.7 Å². The van der Waals surface area contributed by atoms with Gasteiger partial charge in [-0.25, -0.2) is 0 Å². The van der Waals surface area contributed by atoms with E-state index in [2.05, 4.69) is 0 Å². The smallest absolute Gasteiger partial charge is 0.288 e. The van der Waals surface area contributed by atoms with Crippen LogP contribution in [0.1, 0.15) is 23.2 Å². The molecule has 1 aromatic rings. The van der Waals surface area contributed by atoms with Gasteiger partial charge in [0.25, 0.3) is 11.6 Å². The van der Waals surface area contributed by atoms with Crippen LogP contribution >= 0.6 is 11.6 Å². The van der Waals surface area contributed by atoms with Crippen LogP contribution in [-0.4, -0.2) is 41.0 Å². The van der Waals surface area contributed by atoms with Gasteiger partial charge in [-0.1, -0.05) is 11.6 Å². The first-order valence-corrected chi connectivity index (χ1v) is 6.81. The number of nitro groups is 1. The molecule has 2 heterocycles. The minimum absolute atomic E-state index is 0.0357. The minimum atomic E-state index is -0.581. The van der Waals surface area contributed by atoms with Gasteiger partial charge < -0.3 is 9.64 Å². The van der Waals surface area contributed by atoms with E-state index >= 15 is 0 Å². The number of benzene rings is 1. The van der Waals surface area contributed by atoms with Gasteiger partial charge in [-0.05, 0) is 25.0 Å². The Bertz CT molecular complexity index is 565. The number of nitro benzene ring substituents is 1. The van der Waals surface area contributed by atoms with Gasteiger partial charge in [0.05, 0.1) is 17.1 Å². The number of amides is 1. The van der Waals surface area contributed by atoms with Crippen molar-refractivity contribution >= 4 is 23.2 Å². The zero-order valence-corrected chi connectivity index (χ0v) is 11.4. The monoisotopic (exact) mass is 296 g/mol. The van der Waals surface area contributed by atoms with Crippen LogP contribution in [0.5, 0.6) is 0 Å². The third kappa shape index (κ3) is 2.36. The number of carbonyl (C=O) groups excluding carboxylic acids is 1. The Hall–Kier alpha value is -1.66. The number of carbonyl (C=O) groups is 1. The number of nitrogens with zero attached hydrogens (tertiary/aromatic N) is 2. The molecule has 0 N–H and O–H groups in total. The number of fused-ring (bicyclic) bond motifs is 2. The van der Waals surface area contributed by atoms with Crippen molar-refractivity contribution in [2.45, 2.75) is 25.0 Å². The van der Waals surface area contributed by atoms with E-state index in [4.69, 9.17) is 16.3 Å². The number of rotatable bonds is 2. The Labute approximate surface area is 120 Å². The van der Waals surface area contributed by atoms with Crippen molar-refractivity contribution in [1.82, 2.24) is 4.90 Å². The lowest BCUT2D eigenvalue weighted by Crippen LogP contribution is -2.45. The van der Waals surface area contributed by atoms with Crippen LogP contribution in [0.15, 0.2) is 18.2 Å². The molecule has 0 aromatic heterocycles. The van der Waals surface area contributed by atoms with Crippen LogP contribution in [-0.2, 0) is 4.74 Å². The Kier molecular flexibility index (Phi) is 3.35. The van der Waals surface area contributed by atoms with Gasteiger partial charge in [-0.15, -0.1) is 0 Å². The highest BCUT2D eigenvalue weighted by Gasteiger charge is 2.36. The van der Waals surface area contributed by atoms with E-state index in [-0.39, 0.29) is 28.8 Å². The minimum Gasteiger partial charge on any atom is -0.371 e. The molecular formula is C13H13ClN2O4. The average Bonchev–Trinajstić information content (AvgIpc) is 2.77. The summed E-state index contributed by atoms with van der Waals surface area (Å²) in [5.74, 6) is -0.204. The van der Waals surface area contributed by atoms with Gasteiger partial charge in [0.1, 0.15) is 5.02 Å². The molecule has 106 valence electrons. The molecule has 2 bridgehead atoms. The summed E-state index contributed by atoms with van der Waals surface area (Å²) in [5.41, 5.74) is 0.0520. The fraction of sp³-hybridized carbons (Fsp3) is 0.462. The Morgan fingerprint density at radius 3 is 2.60 bits per heavy atom. The molecule has 1 amide bonds. The van der Waals surface area contributed by atoms with Crippen LogP contribution < -0.4 is 0 Å². The van der Waals surface area contributed by atoms with E-state index in [1.165, 1.54) is 18.2 Å². The lowest BCUT2D eigenvalue weighted by Gasteiger charge is -2.32.